The molecule has 1 heterocycles. The lowest BCUT2D eigenvalue weighted by molar-refractivity contribution is -0.203. The van der Waals surface area contributed by atoms with Crippen molar-refractivity contribution in [2.45, 2.75) is 44.0 Å². The summed E-state index contributed by atoms with van der Waals surface area (Å²) in [5, 5.41) is 7.78. The molecule has 0 aliphatic carbocycles. The van der Waals surface area contributed by atoms with Gasteiger partial charge in [0.05, 0.1) is 29.7 Å². The predicted molar refractivity (Wildman–Crippen MR) is 124 cm³/mol. The molecule has 0 bridgehead atoms. The second kappa shape index (κ2) is 11.6. The quantitative estimate of drug-likeness (QED) is 0.144. The van der Waals surface area contributed by atoms with E-state index >= 15 is 0 Å². The summed E-state index contributed by atoms with van der Waals surface area (Å²) in [6, 6.07) is 10.4. The summed E-state index contributed by atoms with van der Waals surface area (Å²) in [5.41, 5.74) is 3.27. The number of benzene rings is 2. The zero-order valence-corrected chi connectivity index (χ0v) is 19.8. The standard InChI is InChI=1S/C24H24ClF6N3O2/c1-14(17-9-18(23(26,27)28)11-19(10-17)24(29,30)31)36-22-21(15-5-3-2-4-6-15)16(7-8-35-22)13-33-34-20(32)12-25/h2-6,9-11,13-14,16,21-22H,7-8,12H2,1H3,(H2,32,34)/b33-13+/t14-,16+,21+,22-/m1/s1. The summed E-state index contributed by atoms with van der Waals surface area (Å²) < 4.78 is 91.7. The molecule has 1 fully saturated rings. The minimum atomic E-state index is -4.96. The normalized spacial score (nSPS) is 22.7. The fourth-order valence-electron chi connectivity index (χ4n) is 3.89. The van der Waals surface area contributed by atoms with Crippen LogP contribution in [0.25, 0.3) is 0 Å². The predicted octanol–water partition coefficient (Wildman–Crippen LogP) is 6.53. The Morgan fingerprint density at radius 2 is 1.72 bits per heavy atom. The summed E-state index contributed by atoms with van der Waals surface area (Å²) in [7, 11) is 0. The monoisotopic (exact) mass is 535 g/mol. The van der Waals surface area contributed by atoms with Gasteiger partial charge in [-0.2, -0.15) is 31.4 Å². The maximum atomic E-state index is 13.3. The van der Waals surface area contributed by atoms with E-state index in [-0.39, 0.29) is 35.9 Å². The van der Waals surface area contributed by atoms with Crippen LogP contribution >= 0.6 is 11.6 Å². The molecular weight excluding hydrogens is 512 g/mol. The van der Waals surface area contributed by atoms with Crippen molar-refractivity contribution in [3.63, 3.8) is 0 Å². The van der Waals surface area contributed by atoms with Gasteiger partial charge in [0, 0.05) is 18.1 Å². The number of amidine groups is 1. The van der Waals surface area contributed by atoms with E-state index in [2.05, 4.69) is 10.2 Å². The maximum Gasteiger partial charge on any atom is 0.416 e. The third-order valence-corrected chi connectivity index (χ3v) is 5.94. The van der Waals surface area contributed by atoms with Crippen LogP contribution in [0.4, 0.5) is 26.3 Å². The first-order valence-corrected chi connectivity index (χ1v) is 11.5. The fraction of sp³-hybridized carbons (Fsp3) is 0.417. The fourth-order valence-corrected chi connectivity index (χ4v) is 3.94. The third kappa shape index (κ3) is 7.21. The molecule has 4 atom stereocenters. The number of halogens is 7. The lowest BCUT2D eigenvalue weighted by Crippen LogP contribution is -2.38. The zero-order valence-electron chi connectivity index (χ0n) is 19.1. The van der Waals surface area contributed by atoms with Crippen LogP contribution in [-0.4, -0.2) is 30.8 Å². The number of rotatable bonds is 7. The Bertz CT molecular complexity index is 1040. The first-order chi connectivity index (χ1) is 16.9. The van der Waals surface area contributed by atoms with Gasteiger partial charge >= 0.3 is 12.4 Å². The third-order valence-electron chi connectivity index (χ3n) is 5.67. The number of hydrogen-bond acceptors (Lipinski definition) is 4. The average molecular weight is 536 g/mol. The molecule has 0 amide bonds. The van der Waals surface area contributed by atoms with E-state index in [1.54, 1.807) is 18.3 Å². The summed E-state index contributed by atoms with van der Waals surface area (Å²) in [4.78, 5) is 0. The van der Waals surface area contributed by atoms with E-state index in [0.717, 1.165) is 5.56 Å². The van der Waals surface area contributed by atoms with Gasteiger partial charge in [-0.15, -0.1) is 16.7 Å². The van der Waals surface area contributed by atoms with Gasteiger partial charge in [0.15, 0.2) is 6.29 Å². The molecule has 12 heteroatoms. The van der Waals surface area contributed by atoms with Gasteiger partial charge in [-0.05, 0) is 42.7 Å². The molecule has 2 N–H and O–H groups in total. The van der Waals surface area contributed by atoms with E-state index < -0.39 is 41.8 Å². The molecule has 5 nitrogen and oxygen atoms in total. The van der Waals surface area contributed by atoms with Crippen LogP contribution in [0.2, 0.25) is 0 Å². The highest BCUT2D eigenvalue weighted by Crippen LogP contribution is 2.41. The van der Waals surface area contributed by atoms with Gasteiger partial charge in [0.25, 0.3) is 0 Å². The lowest BCUT2D eigenvalue weighted by Gasteiger charge is -2.38. The molecular formula is C24H24ClF6N3O2. The van der Waals surface area contributed by atoms with Gasteiger partial charge in [-0.25, -0.2) is 0 Å². The van der Waals surface area contributed by atoms with Gasteiger partial charge in [-0.1, -0.05) is 30.3 Å². The maximum absolute atomic E-state index is 13.3. The Morgan fingerprint density at radius 1 is 1.11 bits per heavy atom. The summed E-state index contributed by atoms with van der Waals surface area (Å²) in [5.74, 6) is -0.625. The van der Waals surface area contributed by atoms with Crippen molar-refractivity contribution in [2.24, 2.45) is 21.9 Å². The SMILES string of the molecule is C[C@@H](O[C@H]1OCC[C@@H](/C=N/N=C(/N)CCl)[C@@H]1c1ccccc1)c1cc(C(F)(F)F)cc(C(F)(F)F)c1. The second-order valence-electron chi connectivity index (χ2n) is 8.24. The van der Waals surface area contributed by atoms with Gasteiger partial charge in [0.2, 0.25) is 0 Å². The van der Waals surface area contributed by atoms with Crippen molar-refractivity contribution in [1.29, 1.82) is 0 Å². The molecule has 2 aromatic carbocycles. The van der Waals surface area contributed by atoms with Crippen molar-refractivity contribution < 1.29 is 35.8 Å². The molecule has 2 aromatic rings. The molecule has 1 aliphatic rings. The smallest absolute Gasteiger partial charge is 0.385 e. The Morgan fingerprint density at radius 3 is 2.28 bits per heavy atom. The second-order valence-corrected chi connectivity index (χ2v) is 8.50. The van der Waals surface area contributed by atoms with Gasteiger partial charge in [0.1, 0.15) is 5.84 Å². The Labute approximate surface area is 208 Å². The van der Waals surface area contributed by atoms with Crippen LogP contribution < -0.4 is 5.73 Å². The van der Waals surface area contributed by atoms with Crippen molar-refractivity contribution in [3.8, 4) is 0 Å². The Balaban J connectivity index is 1.94. The highest BCUT2D eigenvalue weighted by atomic mass is 35.5. The van der Waals surface area contributed by atoms with E-state index in [0.29, 0.717) is 18.6 Å². The van der Waals surface area contributed by atoms with E-state index in [4.69, 9.17) is 26.8 Å². The number of alkyl halides is 7. The van der Waals surface area contributed by atoms with Crippen molar-refractivity contribution in [3.05, 3.63) is 70.8 Å². The van der Waals surface area contributed by atoms with Crippen LogP contribution in [0, 0.1) is 5.92 Å². The lowest BCUT2D eigenvalue weighted by atomic mass is 9.82. The molecule has 0 unspecified atom stereocenters. The summed E-state index contributed by atoms with van der Waals surface area (Å²) in [6.45, 7) is 1.60. The van der Waals surface area contributed by atoms with Crippen LogP contribution in [0.5, 0.6) is 0 Å². The van der Waals surface area contributed by atoms with E-state index in [9.17, 15) is 26.3 Å². The zero-order chi connectivity index (χ0) is 26.5. The Hall–Kier alpha value is -2.63. The van der Waals surface area contributed by atoms with E-state index in [1.165, 1.54) is 6.92 Å². The van der Waals surface area contributed by atoms with Crippen molar-refractivity contribution >= 4 is 23.7 Å². The molecule has 1 aliphatic heterocycles. The van der Waals surface area contributed by atoms with Crippen molar-refractivity contribution in [1.82, 2.24) is 0 Å². The molecule has 1 saturated heterocycles. The minimum Gasteiger partial charge on any atom is -0.385 e. The molecule has 0 spiro atoms. The first-order valence-electron chi connectivity index (χ1n) is 10.9. The number of ether oxygens (including phenoxy) is 2. The van der Waals surface area contributed by atoms with Crippen LogP contribution in [-0.2, 0) is 21.8 Å². The molecule has 0 aromatic heterocycles. The molecule has 3 rings (SSSR count). The summed E-state index contributed by atoms with van der Waals surface area (Å²) >= 11 is 5.60. The van der Waals surface area contributed by atoms with Crippen molar-refractivity contribution in [2.75, 3.05) is 12.5 Å². The van der Waals surface area contributed by atoms with E-state index in [1.807, 2.05) is 18.2 Å². The molecule has 0 saturated carbocycles. The molecule has 196 valence electrons. The largest absolute Gasteiger partial charge is 0.416 e. The summed E-state index contributed by atoms with van der Waals surface area (Å²) in [6.07, 6.45) is -9.97. The highest BCUT2D eigenvalue weighted by Gasteiger charge is 2.39. The van der Waals surface area contributed by atoms with Gasteiger partial charge in [-0.3, -0.25) is 0 Å². The number of hydrogen-bond donors (Lipinski definition) is 1. The molecule has 36 heavy (non-hydrogen) atoms. The molecule has 0 radical (unpaired) electrons. The Kier molecular flexibility index (Phi) is 9.02. The number of nitrogens with zero attached hydrogens (tertiary/aromatic N) is 2. The minimum absolute atomic E-state index is 0.00656. The van der Waals surface area contributed by atoms with Crippen LogP contribution in [0.15, 0.2) is 58.7 Å². The first kappa shape index (κ1) is 27.9. The highest BCUT2D eigenvalue weighted by molar-refractivity contribution is 6.27. The van der Waals surface area contributed by atoms with Gasteiger partial charge < -0.3 is 15.2 Å². The topological polar surface area (TPSA) is 69.2 Å². The number of nitrogens with two attached hydrogens (primary N) is 1. The van der Waals surface area contributed by atoms with Crippen LogP contribution in [0.1, 0.15) is 47.6 Å². The average Bonchev–Trinajstić information content (AvgIpc) is 2.83. The van der Waals surface area contributed by atoms with Crippen LogP contribution in [0.3, 0.4) is 0 Å².